The number of nitrogens with two attached hydrogens (primary N) is 1. The number of aryl methyl sites for hydroxylation is 1. The second-order valence-corrected chi connectivity index (χ2v) is 28.2. The van der Waals surface area contributed by atoms with Crippen molar-refractivity contribution in [2.75, 3.05) is 44.3 Å². The summed E-state index contributed by atoms with van der Waals surface area (Å²) in [4.78, 5) is 108. The number of amides is 1. The lowest BCUT2D eigenvalue weighted by Gasteiger charge is -2.20. The van der Waals surface area contributed by atoms with Gasteiger partial charge in [-0.25, -0.2) is 14.5 Å². The Morgan fingerprint density at radius 2 is 0.876 bits per heavy atom. The van der Waals surface area contributed by atoms with E-state index < -0.39 is 11.9 Å². The molecule has 17 aromatic rings. The quantitative estimate of drug-likeness (QED) is 0.0343. The molecule has 28 heteroatoms. The van der Waals surface area contributed by atoms with E-state index in [0.29, 0.717) is 50.6 Å². The molecular formula is C101H94N16O12. The van der Waals surface area contributed by atoms with Gasteiger partial charge in [0.25, 0.3) is 11.1 Å². The number of methoxy groups -OCH3 is 2. The van der Waals surface area contributed by atoms with E-state index in [-0.39, 0.29) is 61.8 Å². The van der Waals surface area contributed by atoms with Crippen LogP contribution in [0, 0.1) is 42.4 Å². The maximum Gasteiger partial charge on any atom is 0.310 e. The topological polar surface area (TPSA) is 335 Å². The Kier molecular flexibility index (Phi) is 34.0. The third kappa shape index (κ3) is 23.5. The summed E-state index contributed by atoms with van der Waals surface area (Å²) >= 11 is 0. The van der Waals surface area contributed by atoms with Crippen LogP contribution in [0.3, 0.4) is 0 Å². The molecule has 28 nitrogen and oxygen atoms in total. The molecule has 650 valence electrons. The van der Waals surface area contributed by atoms with Crippen molar-refractivity contribution in [3.05, 3.63) is 352 Å². The molecule has 0 spiro atoms. The fourth-order valence-corrected chi connectivity index (χ4v) is 13.7. The van der Waals surface area contributed by atoms with Gasteiger partial charge in [0.2, 0.25) is 30.0 Å². The molecular weight excluding hydrogens is 1630 g/mol. The monoisotopic (exact) mass is 1720 g/mol. The normalized spacial score (nSPS) is 10.2. The predicted molar refractivity (Wildman–Crippen MR) is 509 cm³/mol. The molecule has 0 aliphatic rings. The van der Waals surface area contributed by atoms with Gasteiger partial charge in [-0.2, -0.15) is 10.5 Å². The van der Waals surface area contributed by atoms with Crippen LogP contribution in [-0.2, 0) is 35.6 Å². The lowest BCUT2D eigenvalue weighted by Crippen LogP contribution is -2.30. The lowest BCUT2D eigenvalue weighted by atomic mass is 10.2. The maximum absolute atomic E-state index is 12.5. The van der Waals surface area contributed by atoms with Crippen LogP contribution in [0.25, 0.3) is 102 Å². The van der Waals surface area contributed by atoms with Crippen LogP contribution in [0.4, 0.5) is 45.5 Å². The Bertz CT molecular complexity index is 7250. The maximum atomic E-state index is 12.5. The van der Waals surface area contributed by atoms with Gasteiger partial charge in [-0.1, -0.05) is 136 Å². The Morgan fingerprint density at radius 1 is 0.465 bits per heavy atom. The smallest absolute Gasteiger partial charge is 0.310 e. The van der Waals surface area contributed by atoms with Crippen molar-refractivity contribution in [3.8, 4) is 29.3 Å². The van der Waals surface area contributed by atoms with Gasteiger partial charge in [-0.15, -0.1) is 0 Å². The minimum absolute atomic E-state index is 0. The number of anilines is 5. The number of nitrogens with one attached hydrogen (secondary N) is 2. The molecule has 0 radical (unpaired) electrons. The molecule has 0 saturated carbocycles. The van der Waals surface area contributed by atoms with Gasteiger partial charge < -0.3 is 39.9 Å². The molecule has 0 unspecified atom stereocenters. The number of aromatic hydroxyl groups is 1. The molecule has 7 heterocycles. The molecule has 1 amide bonds. The van der Waals surface area contributed by atoms with E-state index in [1.807, 2.05) is 178 Å². The van der Waals surface area contributed by atoms with Gasteiger partial charge in [0.05, 0.1) is 105 Å². The molecule has 129 heavy (non-hydrogen) atoms. The van der Waals surface area contributed by atoms with E-state index in [2.05, 4.69) is 40.2 Å². The number of ether oxygens (including phenoxy) is 3. The van der Waals surface area contributed by atoms with E-state index in [4.69, 9.17) is 45.4 Å². The highest BCUT2D eigenvalue weighted by Gasteiger charge is 2.22. The molecule has 0 atom stereocenters. The van der Waals surface area contributed by atoms with Crippen LogP contribution in [0.5, 0.6) is 5.75 Å². The number of aromatic amines is 1. The molecule has 0 saturated heterocycles. The van der Waals surface area contributed by atoms with E-state index in [1.54, 1.807) is 167 Å². The highest BCUT2D eigenvalue weighted by molar-refractivity contribution is 6.11. The van der Waals surface area contributed by atoms with Crippen LogP contribution in [-0.4, -0.2) is 113 Å². The van der Waals surface area contributed by atoms with Gasteiger partial charge in [0.15, 0.2) is 17.1 Å². The number of fused-ring (bicyclic) bond motifs is 9. The third-order valence-corrected chi connectivity index (χ3v) is 19.3. The van der Waals surface area contributed by atoms with Crippen molar-refractivity contribution in [2.24, 2.45) is 7.05 Å². The number of nitrogen functional groups attached to an aromatic ring is 1. The summed E-state index contributed by atoms with van der Waals surface area (Å²) in [6, 6.07) is 84.3. The first-order valence-electron chi connectivity index (χ1n) is 39.0. The highest BCUT2D eigenvalue weighted by atomic mass is 16.7. The first-order valence-corrected chi connectivity index (χ1v) is 39.0. The summed E-state index contributed by atoms with van der Waals surface area (Å²) in [5.74, 6) is -1.40. The summed E-state index contributed by atoms with van der Waals surface area (Å²) in [5, 5.41) is 34.5. The summed E-state index contributed by atoms with van der Waals surface area (Å²) < 4.78 is 23.8. The summed E-state index contributed by atoms with van der Waals surface area (Å²) in [7, 11) is 8.99. The van der Waals surface area contributed by atoms with Gasteiger partial charge in [0.1, 0.15) is 5.75 Å². The number of aromatic nitrogens is 7. The minimum atomic E-state index is -0.562. The Morgan fingerprint density at radius 3 is 1.33 bits per heavy atom. The number of H-pyrrole nitrogens is 1. The standard InChI is InChI=1S/C19H15N3O2.C19H13N3O.C18H11N3O.C17H13N3O.C10H9NO2.C7H6N2.C5H13NO2.C4H6O3.2CH4/c1-13(23)21-12-19(17-6-4-5-7-18(17)21)22(14(2)24)16-10-8-15(20-3)9-11-16;1-20-13-7-9-14(10-8-13)22-18(23)12-11-17-19(22)15-5-3-4-6-16(15)21(17)2;1-19-12-6-8-13(9-7-12)21-17(22)11-10-16-18(21)14-4-2-3-5-15(14)20-16;1-12(21)20-11-16(15-4-2-3-5-17(15)20)19-14-8-6-13(10-18)7-9-14;1-7(12)11-6-10(13)8-4-2-3-5-9(8)11;8-5-6-1-3-7(9)4-2-6;1-6(2)5(7-3)8-4;1-3(5)7-4(2)6;;/h4-12H,1-2H3;3-12H,2H3;2-11,20H;2-9,11,19H,1H3;2-6,13H,1H3;1-4H,9H2;5H,1-4H3;1-2H3;2*1H4. The number of hydrogen-bond acceptors (Lipinski definition) is 17. The lowest BCUT2D eigenvalue weighted by molar-refractivity contribution is -0.179. The number of pyridine rings is 2. The molecule has 0 aliphatic carbocycles. The zero-order valence-corrected chi connectivity index (χ0v) is 71.0. The Hall–Kier alpha value is -17.3. The molecule has 17 rings (SSSR count). The van der Waals surface area contributed by atoms with Gasteiger partial charge in [-0.05, 0) is 148 Å². The zero-order valence-electron chi connectivity index (χ0n) is 71.0. The summed E-state index contributed by atoms with van der Waals surface area (Å²) in [6.07, 6.45) is 4.70. The summed E-state index contributed by atoms with van der Waals surface area (Å²) in [5.41, 5.74) is 21.5. The Balaban J connectivity index is 0.000000188. The largest absolute Gasteiger partial charge is 0.506 e. The molecule has 7 aromatic heterocycles. The van der Waals surface area contributed by atoms with E-state index >= 15 is 0 Å². The number of carbonyl (C=O) groups excluding carboxylic acids is 6. The number of carbonyl (C=O) groups is 6. The van der Waals surface area contributed by atoms with E-state index in [0.717, 1.165) is 93.9 Å². The number of nitrogens with zero attached hydrogens (tertiary/aromatic N) is 13. The van der Waals surface area contributed by atoms with Crippen molar-refractivity contribution in [1.82, 2.24) is 37.3 Å². The average Bonchev–Trinajstić information content (AvgIpc) is 1.60. The highest BCUT2D eigenvalue weighted by Crippen LogP contribution is 2.37. The second kappa shape index (κ2) is 45.2. The number of para-hydroxylation sites is 5. The van der Waals surface area contributed by atoms with Crippen LogP contribution in [0.15, 0.2) is 295 Å². The third-order valence-electron chi connectivity index (χ3n) is 19.3. The number of rotatable bonds is 9. The van der Waals surface area contributed by atoms with E-state index in [9.17, 15) is 43.5 Å². The van der Waals surface area contributed by atoms with Crippen LogP contribution in [0.2, 0.25) is 0 Å². The number of nitriles is 2. The van der Waals surface area contributed by atoms with Crippen molar-refractivity contribution in [3.63, 3.8) is 0 Å². The Labute approximate surface area is 744 Å². The SMILES string of the molecule is C.C.CC(=O)OC(C)=O.CC(=O)n1cc(Nc2ccc(C#N)cc2)c2ccccc21.CC(=O)n1cc(O)c2ccccc21.COC(OC)N(C)C.N#Cc1ccc(N)cc1.[C-]#[N+]c1ccc(-n2c(=O)ccc3[nH]c4ccccc4c32)cc1.[C-]#[N+]c1ccc(-n2c(=O)ccc3c2c2ccccc2n3C)cc1.[C-]#[N+]c1ccc(N(C(C)=O)c2cn(C(C)=O)c3ccccc23)cc1. The van der Waals surface area contributed by atoms with Crippen molar-refractivity contribution < 1.29 is 48.1 Å². The summed E-state index contributed by atoms with van der Waals surface area (Å²) in [6.45, 7) is 29.4. The zero-order chi connectivity index (χ0) is 91.7. The predicted octanol–water partition coefficient (Wildman–Crippen LogP) is 21.1. The van der Waals surface area contributed by atoms with Crippen LogP contribution in [0.1, 0.15) is 81.9 Å². The fraction of sp³-hybridized carbons (Fsp3) is 0.139. The first-order chi connectivity index (χ1) is 61.1. The van der Waals surface area contributed by atoms with Crippen molar-refractivity contribution in [1.29, 1.82) is 10.5 Å². The molecule has 0 fully saturated rings. The molecule has 0 bridgehead atoms. The minimum Gasteiger partial charge on any atom is -0.506 e. The van der Waals surface area contributed by atoms with E-state index in [1.165, 1.54) is 56.9 Å². The van der Waals surface area contributed by atoms with Crippen molar-refractivity contribution >= 4 is 158 Å². The van der Waals surface area contributed by atoms with Crippen LogP contribution < -0.4 is 27.1 Å². The second-order valence-electron chi connectivity index (χ2n) is 28.2. The van der Waals surface area contributed by atoms with Gasteiger partial charge >= 0.3 is 11.9 Å². The molecule has 0 aliphatic heterocycles. The van der Waals surface area contributed by atoms with Gasteiger partial charge in [-0.3, -0.25) is 71.0 Å². The number of hydrogen-bond donors (Lipinski definition) is 4. The number of benzene rings is 10. The number of esters is 2. The molecule has 10 aromatic carbocycles. The average molecular weight is 1720 g/mol. The van der Waals surface area contributed by atoms with Crippen LogP contribution >= 0.6 is 0 Å². The fourth-order valence-electron chi connectivity index (χ4n) is 13.7. The van der Waals surface area contributed by atoms with Crippen molar-refractivity contribution in [2.45, 2.75) is 62.8 Å². The first kappa shape index (κ1) is 97.1. The molecule has 5 N–H and O–H groups in total. The van der Waals surface area contributed by atoms with Gasteiger partial charge in [0, 0.05) is 148 Å².